The molecule has 0 radical (unpaired) electrons. The van der Waals surface area contributed by atoms with Crippen LogP contribution >= 0.6 is 0 Å². The Morgan fingerprint density at radius 1 is 0.846 bits per heavy atom. The van der Waals surface area contributed by atoms with E-state index in [1.165, 1.54) is 33.5 Å². The standard InChI is InChI=1S/C17H17F3N2O4/c1-24-13-8-12(9-14(25-2)15(13)26-3)22-16(23)21-11-6-4-10(5-7-11)17(18,19)20/h4-9H,1-3H3,(H2,21,22,23). The van der Waals surface area contributed by atoms with Gasteiger partial charge in [0, 0.05) is 17.8 Å². The summed E-state index contributed by atoms with van der Waals surface area (Å²) in [6.45, 7) is 0. The van der Waals surface area contributed by atoms with E-state index >= 15 is 0 Å². The van der Waals surface area contributed by atoms with Gasteiger partial charge in [-0.25, -0.2) is 4.79 Å². The maximum atomic E-state index is 12.5. The Morgan fingerprint density at radius 2 is 1.35 bits per heavy atom. The zero-order chi connectivity index (χ0) is 19.3. The zero-order valence-electron chi connectivity index (χ0n) is 14.2. The highest BCUT2D eigenvalue weighted by Crippen LogP contribution is 2.40. The fourth-order valence-corrected chi connectivity index (χ4v) is 2.19. The molecule has 26 heavy (non-hydrogen) atoms. The molecule has 140 valence electrons. The van der Waals surface area contributed by atoms with Crippen LogP contribution in [0.15, 0.2) is 36.4 Å². The van der Waals surface area contributed by atoms with Gasteiger partial charge in [-0.15, -0.1) is 0 Å². The van der Waals surface area contributed by atoms with Gasteiger partial charge in [0.25, 0.3) is 0 Å². The van der Waals surface area contributed by atoms with E-state index in [-0.39, 0.29) is 5.69 Å². The highest BCUT2D eigenvalue weighted by Gasteiger charge is 2.30. The first-order chi connectivity index (χ1) is 12.3. The normalized spacial score (nSPS) is 10.8. The molecule has 2 amide bonds. The fourth-order valence-electron chi connectivity index (χ4n) is 2.19. The lowest BCUT2D eigenvalue weighted by Gasteiger charge is -2.15. The van der Waals surface area contributed by atoms with Crippen LogP contribution in [-0.4, -0.2) is 27.4 Å². The van der Waals surface area contributed by atoms with E-state index in [1.54, 1.807) is 0 Å². The topological polar surface area (TPSA) is 68.8 Å². The number of hydrogen-bond acceptors (Lipinski definition) is 4. The van der Waals surface area contributed by atoms with Gasteiger partial charge in [0.1, 0.15) is 0 Å². The molecule has 0 aliphatic heterocycles. The average molecular weight is 370 g/mol. The van der Waals surface area contributed by atoms with E-state index in [0.29, 0.717) is 22.9 Å². The Kier molecular flexibility index (Phi) is 5.81. The van der Waals surface area contributed by atoms with Gasteiger partial charge in [-0.1, -0.05) is 0 Å². The Labute approximate surface area is 147 Å². The first-order valence-electron chi connectivity index (χ1n) is 7.33. The number of amides is 2. The molecule has 2 aromatic carbocycles. The van der Waals surface area contributed by atoms with Gasteiger partial charge in [-0.3, -0.25) is 0 Å². The summed E-state index contributed by atoms with van der Waals surface area (Å²) in [5.41, 5.74) is -0.236. The highest BCUT2D eigenvalue weighted by molar-refractivity contribution is 6.00. The lowest BCUT2D eigenvalue weighted by Crippen LogP contribution is -2.19. The molecule has 2 aromatic rings. The molecule has 9 heteroatoms. The number of nitrogens with one attached hydrogen (secondary N) is 2. The molecule has 2 rings (SSSR count). The minimum atomic E-state index is -4.43. The number of halogens is 3. The fraction of sp³-hybridized carbons (Fsp3) is 0.235. The lowest BCUT2D eigenvalue weighted by molar-refractivity contribution is -0.137. The van der Waals surface area contributed by atoms with E-state index in [1.807, 2.05) is 0 Å². The molecule has 0 atom stereocenters. The summed E-state index contributed by atoms with van der Waals surface area (Å²) in [5.74, 6) is 1.05. The second kappa shape index (κ2) is 7.85. The summed E-state index contributed by atoms with van der Waals surface area (Å²) in [7, 11) is 4.32. The van der Waals surface area contributed by atoms with Crippen LogP contribution < -0.4 is 24.8 Å². The predicted molar refractivity (Wildman–Crippen MR) is 90.2 cm³/mol. The number of anilines is 2. The van der Waals surface area contributed by atoms with Crippen molar-refractivity contribution in [3.63, 3.8) is 0 Å². The van der Waals surface area contributed by atoms with Crippen LogP contribution in [-0.2, 0) is 6.18 Å². The van der Waals surface area contributed by atoms with Gasteiger partial charge in [-0.2, -0.15) is 13.2 Å². The van der Waals surface area contributed by atoms with Crippen LogP contribution in [0.3, 0.4) is 0 Å². The Morgan fingerprint density at radius 3 is 1.77 bits per heavy atom. The molecule has 2 N–H and O–H groups in total. The third kappa shape index (κ3) is 4.50. The van der Waals surface area contributed by atoms with E-state index < -0.39 is 17.8 Å². The van der Waals surface area contributed by atoms with Crippen molar-refractivity contribution in [2.75, 3.05) is 32.0 Å². The minimum absolute atomic E-state index is 0.211. The number of alkyl halides is 3. The van der Waals surface area contributed by atoms with Crippen LogP contribution in [0.1, 0.15) is 5.56 Å². The van der Waals surface area contributed by atoms with Crippen molar-refractivity contribution in [2.45, 2.75) is 6.18 Å². The van der Waals surface area contributed by atoms with Crippen molar-refractivity contribution >= 4 is 17.4 Å². The molecule has 0 saturated carbocycles. The number of methoxy groups -OCH3 is 3. The number of urea groups is 1. The third-order valence-electron chi connectivity index (χ3n) is 3.39. The summed E-state index contributed by atoms with van der Waals surface area (Å²) < 4.78 is 53.2. The van der Waals surface area contributed by atoms with Gasteiger partial charge in [0.05, 0.1) is 32.6 Å². The van der Waals surface area contributed by atoms with Crippen molar-refractivity contribution in [3.05, 3.63) is 42.0 Å². The van der Waals surface area contributed by atoms with Gasteiger partial charge in [0.2, 0.25) is 5.75 Å². The number of hydrogen-bond donors (Lipinski definition) is 2. The van der Waals surface area contributed by atoms with Gasteiger partial charge in [0.15, 0.2) is 11.5 Å². The lowest BCUT2D eigenvalue weighted by atomic mass is 10.2. The smallest absolute Gasteiger partial charge is 0.416 e. The van der Waals surface area contributed by atoms with Crippen molar-refractivity contribution in [3.8, 4) is 17.2 Å². The summed E-state index contributed by atoms with van der Waals surface area (Å²) in [6, 6.07) is 6.50. The van der Waals surface area contributed by atoms with Crippen molar-refractivity contribution in [1.82, 2.24) is 0 Å². The SMILES string of the molecule is COc1cc(NC(=O)Nc2ccc(C(F)(F)F)cc2)cc(OC)c1OC. The molecular formula is C17H17F3N2O4. The number of rotatable bonds is 5. The van der Waals surface area contributed by atoms with Crippen LogP contribution in [0, 0.1) is 0 Å². The largest absolute Gasteiger partial charge is 0.493 e. The molecule has 0 aliphatic rings. The van der Waals surface area contributed by atoms with Crippen molar-refractivity contribution in [2.24, 2.45) is 0 Å². The predicted octanol–water partition coefficient (Wildman–Crippen LogP) is 4.38. The number of benzene rings is 2. The molecule has 0 bridgehead atoms. The summed E-state index contributed by atoms with van der Waals surface area (Å²) >= 11 is 0. The Bertz CT molecular complexity index is 752. The minimum Gasteiger partial charge on any atom is -0.493 e. The van der Waals surface area contributed by atoms with E-state index in [0.717, 1.165) is 24.3 Å². The number of carbonyl (C=O) groups is 1. The molecule has 0 aliphatic carbocycles. The first-order valence-corrected chi connectivity index (χ1v) is 7.33. The van der Waals surface area contributed by atoms with Gasteiger partial charge < -0.3 is 24.8 Å². The van der Waals surface area contributed by atoms with Crippen LogP contribution in [0.4, 0.5) is 29.3 Å². The van der Waals surface area contributed by atoms with Crippen LogP contribution in [0.25, 0.3) is 0 Å². The maximum absolute atomic E-state index is 12.5. The summed E-state index contributed by atoms with van der Waals surface area (Å²) in [5, 5.41) is 4.99. The molecule has 0 spiro atoms. The molecule has 0 saturated heterocycles. The summed E-state index contributed by atoms with van der Waals surface area (Å²) in [6.07, 6.45) is -4.43. The second-order valence-electron chi connectivity index (χ2n) is 5.07. The zero-order valence-corrected chi connectivity index (χ0v) is 14.2. The highest BCUT2D eigenvalue weighted by atomic mass is 19.4. The van der Waals surface area contributed by atoms with E-state index in [4.69, 9.17) is 14.2 Å². The first kappa shape index (κ1) is 19.2. The Hall–Kier alpha value is -3.10. The molecule has 0 unspecified atom stereocenters. The number of ether oxygens (including phenoxy) is 3. The molecule has 0 fully saturated rings. The van der Waals surface area contributed by atoms with Crippen LogP contribution in [0.5, 0.6) is 17.2 Å². The quantitative estimate of drug-likeness (QED) is 0.820. The number of carbonyl (C=O) groups excluding carboxylic acids is 1. The average Bonchev–Trinajstić information content (AvgIpc) is 2.60. The summed E-state index contributed by atoms with van der Waals surface area (Å²) in [4.78, 5) is 12.1. The van der Waals surface area contributed by atoms with Crippen molar-refractivity contribution in [1.29, 1.82) is 0 Å². The van der Waals surface area contributed by atoms with Crippen molar-refractivity contribution < 1.29 is 32.2 Å². The van der Waals surface area contributed by atoms with Crippen LogP contribution in [0.2, 0.25) is 0 Å². The van der Waals surface area contributed by atoms with Gasteiger partial charge in [-0.05, 0) is 24.3 Å². The monoisotopic (exact) mass is 370 g/mol. The maximum Gasteiger partial charge on any atom is 0.416 e. The molecule has 6 nitrogen and oxygen atoms in total. The van der Waals surface area contributed by atoms with Gasteiger partial charge >= 0.3 is 12.2 Å². The molecule has 0 aromatic heterocycles. The van der Waals surface area contributed by atoms with E-state index in [9.17, 15) is 18.0 Å². The molecule has 0 heterocycles. The van der Waals surface area contributed by atoms with E-state index in [2.05, 4.69) is 10.6 Å². The molecular weight excluding hydrogens is 353 g/mol. The third-order valence-corrected chi connectivity index (χ3v) is 3.39. The Balaban J connectivity index is 2.12. The second-order valence-corrected chi connectivity index (χ2v) is 5.07.